The van der Waals surface area contributed by atoms with Gasteiger partial charge in [-0.15, -0.1) is 12.6 Å². The molecular weight excluding hydrogens is 352 g/mol. The number of carbonyl (C=O) groups excluding carboxylic acids is 1. The van der Waals surface area contributed by atoms with E-state index in [1.54, 1.807) is 0 Å². The second-order valence-corrected chi connectivity index (χ2v) is 5.26. The van der Waals surface area contributed by atoms with Gasteiger partial charge in [-0.3, -0.25) is 0 Å². The second-order valence-electron chi connectivity index (χ2n) is 4.74. The Hall–Kier alpha value is -3.33. The summed E-state index contributed by atoms with van der Waals surface area (Å²) in [6.07, 6.45) is 0. The topological polar surface area (TPSA) is 138 Å². The molecule has 128 valence electrons. The molecule has 0 amide bonds. The lowest BCUT2D eigenvalue weighted by atomic mass is 9.98. The van der Waals surface area contributed by atoms with Crippen molar-refractivity contribution in [2.24, 2.45) is 0 Å². The molecule has 8 nitrogen and oxygen atoms in total. The van der Waals surface area contributed by atoms with E-state index in [1.807, 2.05) is 0 Å². The molecule has 0 atom stereocenters. The van der Waals surface area contributed by atoms with Gasteiger partial charge in [0, 0.05) is 4.90 Å². The van der Waals surface area contributed by atoms with Crippen LogP contribution in [0.4, 0.5) is 0 Å². The summed E-state index contributed by atoms with van der Waals surface area (Å²) in [5.41, 5.74) is -2.74. The van der Waals surface area contributed by atoms with E-state index in [-0.39, 0.29) is 5.75 Å². The lowest BCUT2D eigenvalue weighted by Gasteiger charge is -2.10. The summed E-state index contributed by atoms with van der Waals surface area (Å²) in [4.78, 5) is 46.5. The van der Waals surface area contributed by atoms with Crippen molar-refractivity contribution in [3.05, 3.63) is 58.7 Å². The molecule has 0 bridgehead atoms. The van der Waals surface area contributed by atoms with E-state index in [2.05, 4.69) is 12.6 Å². The van der Waals surface area contributed by atoms with Gasteiger partial charge in [-0.05, 0) is 36.4 Å². The predicted octanol–water partition coefficient (Wildman–Crippen LogP) is 2.29. The first-order valence-corrected chi connectivity index (χ1v) is 7.04. The average Bonchev–Trinajstić information content (AvgIpc) is 2.55. The Morgan fingerprint density at radius 2 is 1.12 bits per heavy atom. The first-order chi connectivity index (χ1) is 11.7. The molecule has 0 aliphatic heterocycles. The maximum absolute atomic E-state index is 12.2. The molecule has 0 aromatic heterocycles. The third-order valence-electron chi connectivity index (χ3n) is 3.12. The summed E-state index contributed by atoms with van der Waals surface area (Å²) in [6.45, 7) is 0. The quantitative estimate of drug-likeness (QED) is 0.361. The van der Waals surface area contributed by atoms with Gasteiger partial charge in [0.2, 0.25) is 0 Å². The number of benzene rings is 2. The van der Waals surface area contributed by atoms with Crippen molar-refractivity contribution < 1.29 is 39.2 Å². The summed E-state index contributed by atoms with van der Waals surface area (Å²) >= 11 is 4.06. The van der Waals surface area contributed by atoms with Crippen molar-refractivity contribution in [3.63, 3.8) is 0 Å². The van der Waals surface area contributed by atoms with Gasteiger partial charge in [0.05, 0.1) is 22.3 Å². The summed E-state index contributed by atoms with van der Waals surface area (Å²) in [6, 6.07) is 7.15. The fraction of sp³-hybridized carbons (Fsp3) is 0. The molecule has 0 aliphatic carbocycles. The van der Waals surface area contributed by atoms with E-state index in [0.29, 0.717) is 17.0 Å². The standard InChI is InChI=1S/C16H10O8S/c17-13(18)9-5-11(15(21)22)12(6-10(9)14(19)20)16(23)24-7-1-3-8(25)4-2-7/h1-6,25H,(H,17,18)(H,19,20)(H,21,22). The molecule has 0 saturated heterocycles. The van der Waals surface area contributed by atoms with Gasteiger partial charge in [0.1, 0.15) is 5.75 Å². The van der Waals surface area contributed by atoms with E-state index in [1.165, 1.54) is 24.3 Å². The fourth-order valence-corrected chi connectivity index (χ4v) is 2.12. The zero-order valence-electron chi connectivity index (χ0n) is 12.3. The minimum Gasteiger partial charge on any atom is -0.478 e. The minimum atomic E-state index is -1.64. The number of thiol groups is 1. The zero-order valence-corrected chi connectivity index (χ0v) is 13.2. The zero-order chi connectivity index (χ0) is 18.7. The first kappa shape index (κ1) is 18.0. The number of hydrogen-bond donors (Lipinski definition) is 4. The summed E-state index contributed by atoms with van der Waals surface area (Å²) in [7, 11) is 0. The van der Waals surface area contributed by atoms with E-state index < -0.39 is 46.1 Å². The molecule has 0 heterocycles. The van der Waals surface area contributed by atoms with Crippen molar-refractivity contribution in [3.8, 4) is 5.75 Å². The number of carboxylic acids is 3. The van der Waals surface area contributed by atoms with Crippen LogP contribution in [0, 0.1) is 0 Å². The molecule has 2 aromatic rings. The number of aromatic carboxylic acids is 3. The molecular formula is C16H10O8S. The van der Waals surface area contributed by atoms with Gasteiger partial charge in [0.25, 0.3) is 0 Å². The molecule has 0 radical (unpaired) electrons. The molecule has 0 saturated carbocycles. The lowest BCUT2D eigenvalue weighted by Crippen LogP contribution is -2.18. The van der Waals surface area contributed by atoms with Gasteiger partial charge in [-0.2, -0.15) is 0 Å². The van der Waals surface area contributed by atoms with Crippen LogP contribution >= 0.6 is 12.6 Å². The summed E-state index contributed by atoms with van der Waals surface area (Å²) < 4.78 is 5.00. The van der Waals surface area contributed by atoms with Crippen LogP contribution in [-0.4, -0.2) is 39.2 Å². The molecule has 3 N–H and O–H groups in total. The van der Waals surface area contributed by atoms with Gasteiger partial charge in [0.15, 0.2) is 0 Å². The Balaban J connectivity index is 2.54. The number of hydrogen-bond acceptors (Lipinski definition) is 6. The van der Waals surface area contributed by atoms with E-state index in [9.17, 15) is 24.3 Å². The van der Waals surface area contributed by atoms with Crippen molar-refractivity contribution in [1.82, 2.24) is 0 Å². The Labute approximate surface area is 145 Å². The maximum atomic E-state index is 12.2. The molecule has 9 heteroatoms. The summed E-state index contributed by atoms with van der Waals surface area (Å²) in [5, 5.41) is 27.3. The molecule has 0 aliphatic rings. The van der Waals surface area contributed by atoms with Crippen LogP contribution in [0.15, 0.2) is 41.3 Å². The highest BCUT2D eigenvalue weighted by atomic mass is 32.1. The molecule has 0 spiro atoms. The number of carboxylic acid groups (broad SMARTS) is 3. The molecule has 2 rings (SSSR count). The van der Waals surface area contributed by atoms with Crippen molar-refractivity contribution in [1.29, 1.82) is 0 Å². The Bertz CT molecular complexity index is 886. The molecule has 2 aromatic carbocycles. The van der Waals surface area contributed by atoms with Crippen LogP contribution in [0.25, 0.3) is 0 Å². The van der Waals surface area contributed by atoms with E-state index in [0.717, 1.165) is 0 Å². The summed E-state index contributed by atoms with van der Waals surface area (Å²) in [5.74, 6) is -5.91. The van der Waals surface area contributed by atoms with Crippen molar-refractivity contribution in [2.45, 2.75) is 4.90 Å². The highest BCUT2D eigenvalue weighted by molar-refractivity contribution is 7.80. The van der Waals surface area contributed by atoms with Crippen LogP contribution in [-0.2, 0) is 0 Å². The average molecular weight is 362 g/mol. The van der Waals surface area contributed by atoms with Crippen molar-refractivity contribution >= 4 is 36.5 Å². The monoisotopic (exact) mass is 362 g/mol. The van der Waals surface area contributed by atoms with Crippen molar-refractivity contribution in [2.75, 3.05) is 0 Å². The van der Waals surface area contributed by atoms with E-state index >= 15 is 0 Å². The molecule has 0 unspecified atom stereocenters. The van der Waals surface area contributed by atoms with Crippen LogP contribution in [0.2, 0.25) is 0 Å². The largest absolute Gasteiger partial charge is 0.478 e. The highest BCUT2D eigenvalue weighted by Gasteiger charge is 2.26. The number of carbonyl (C=O) groups is 4. The second kappa shape index (κ2) is 7.05. The minimum absolute atomic E-state index is 0.0818. The number of ether oxygens (including phenoxy) is 1. The lowest BCUT2D eigenvalue weighted by molar-refractivity contribution is 0.0643. The fourth-order valence-electron chi connectivity index (χ4n) is 1.98. The highest BCUT2D eigenvalue weighted by Crippen LogP contribution is 2.21. The number of esters is 1. The third kappa shape index (κ3) is 3.96. The van der Waals surface area contributed by atoms with E-state index in [4.69, 9.17) is 14.9 Å². The van der Waals surface area contributed by atoms with Gasteiger partial charge in [-0.25, -0.2) is 19.2 Å². The maximum Gasteiger partial charge on any atom is 0.344 e. The Morgan fingerprint density at radius 3 is 1.56 bits per heavy atom. The normalized spacial score (nSPS) is 10.1. The smallest absolute Gasteiger partial charge is 0.344 e. The Kier molecular flexibility index (Phi) is 5.08. The van der Waals surface area contributed by atoms with Crippen LogP contribution in [0.3, 0.4) is 0 Å². The van der Waals surface area contributed by atoms with Gasteiger partial charge < -0.3 is 20.1 Å². The SMILES string of the molecule is O=C(O)c1cc(C(=O)O)c(C(=O)Oc2ccc(S)cc2)cc1C(=O)O. The van der Waals surface area contributed by atoms with Gasteiger partial charge in [-0.1, -0.05) is 0 Å². The van der Waals surface area contributed by atoms with Crippen LogP contribution in [0.1, 0.15) is 41.4 Å². The third-order valence-corrected chi connectivity index (χ3v) is 3.41. The van der Waals surface area contributed by atoms with Crippen LogP contribution in [0.5, 0.6) is 5.75 Å². The predicted molar refractivity (Wildman–Crippen MR) is 86.0 cm³/mol. The molecule has 0 fully saturated rings. The Morgan fingerprint density at radius 1 is 0.720 bits per heavy atom. The van der Waals surface area contributed by atoms with Crippen LogP contribution < -0.4 is 4.74 Å². The first-order valence-electron chi connectivity index (χ1n) is 6.60. The molecule has 25 heavy (non-hydrogen) atoms. The number of rotatable bonds is 5. The van der Waals surface area contributed by atoms with Gasteiger partial charge >= 0.3 is 23.9 Å².